The van der Waals surface area contributed by atoms with Crippen LogP contribution in [-0.4, -0.2) is 16.0 Å². The number of rotatable bonds is 5. The molecular weight excluding hydrogens is 338 g/mol. The molecule has 0 radical (unpaired) electrons. The van der Waals surface area contributed by atoms with E-state index in [1.807, 2.05) is 19.9 Å². The molecule has 1 aliphatic carbocycles. The second-order valence-electron chi connectivity index (χ2n) is 7.83. The van der Waals surface area contributed by atoms with E-state index >= 15 is 0 Å². The van der Waals surface area contributed by atoms with Crippen molar-refractivity contribution in [3.63, 3.8) is 0 Å². The lowest BCUT2D eigenvalue weighted by Crippen LogP contribution is -2.27. The lowest BCUT2D eigenvalue weighted by Gasteiger charge is -2.16. The molecule has 1 N–H and O–H groups in total. The number of carbonyl (C=O) groups is 1. The number of amides is 1. The van der Waals surface area contributed by atoms with E-state index in [1.54, 1.807) is 0 Å². The minimum absolute atomic E-state index is 0.0912. The molecule has 0 bridgehead atoms. The standard InChI is InChI=1S/C22H25N3O2/c1-12(2)15-5-7-16(8-6-15)13(3)23-21(26)18-11-19(17-9-10-17)24-22-20(18)14(4)25-27-22/h5-8,11-13,17H,9-10H2,1-4H3,(H,23,26). The molecule has 5 heteroatoms. The normalized spacial score (nSPS) is 15.3. The summed E-state index contributed by atoms with van der Waals surface area (Å²) in [6.07, 6.45) is 2.23. The van der Waals surface area contributed by atoms with Crippen LogP contribution < -0.4 is 5.32 Å². The van der Waals surface area contributed by atoms with Crippen LogP contribution in [0.25, 0.3) is 11.1 Å². The Morgan fingerprint density at radius 1 is 1.15 bits per heavy atom. The number of benzene rings is 1. The summed E-state index contributed by atoms with van der Waals surface area (Å²) in [5.74, 6) is 0.815. The number of pyridine rings is 1. The maximum absolute atomic E-state index is 13.1. The molecule has 4 rings (SSSR count). The van der Waals surface area contributed by atoms with Gasteiger partial charge in [0.25, 0.3) is 11.6 Å². The zero-order chi connectivity index (χ0) is 19.1. The monoisotopic (exact) mass is 363 g/mol. The van der Waals surface area contributed by atoms with Crippen LogP contribution in [-0.2, 0) is 0 Å². The summed E-state index contributed by atoms with van der Waals surface area (Å²) in [6, 6.07) is 10.2. The molecule has 1 fully saturated rings. The van der Waals surface area contributed by atoms with Gasteiger partial charge in [-0.2, -0.15) is 0 Å². The van der Waals surface area contributed by atoms with Crippen molar-refractivity contribution in [1.29, 1.82) is 0 Å². The van der Waals surface area contributed by atoms with E-state index in [2.05, 4.69) is 53.6 Å². The molecule has 5 nitrogen and oxygen atoms in total. The molecule has 0 aliphatic heterocycles. The summed E-state index contributed by atoms with van der Waals surface area (Å²) >= 11 is 0. The maximum atomic E-state index is 13.1. The topological polar surface area (TPSA) is 68.0 Å². The summed E-state index contributed by atoms with van der Waals surface area (Å²) in [5.41, 5.74) is 5.06. The van der Waals surface area contributed by atoms with E-state index in [4.69, 9.17) is 4.52 Å². The Bertz CT molecular complexity index is 985. The fourth-order valence-electron chi connectivity index (χ4n) is 3.41. The summed E-state index contributed by atoms with van der Waals surface area (Å²) < 4.78 is 5.34. The van der Waals surface area contributed by atoms with Gasteiger partial charge in [-0.05, 0) is 49.8 Å². The molecule has 1 atom stereocenters. The number of aryl methyl sites for hydroxylation is 1. The molecule has 2 aromatic heterocycles. The molecule has 1 amide bonds. The fourth-order valence-corrected chi connectivity index (χ4v) is 3.41. The Labute approximate surface area is 159 Å². The van der Waals surface area contributed by atoms with E-state index < -0.39 is 0 Å². The van der Waals surface area contributed by atoms with E-state index in [0.29, 0.717) is 34.2 Å². The Kier molecular flexibility index (Phi) is 4.46. The second kappa shape index (κ2) is 6.80. The van der Waals surface area contributed by atoms with Crippen molar-refractivity contribution in [3.8, 4) is 0 Å². The van der Waals surface area contributed by atoms with Gasteiger partial charge in [0.1, 0.15) is 0 Å². The highest BCUT2D eigenvalue weighted by Crippen LogP contribution is 2.40. The molecule has 140 valence electrons. The number of aromatic nitrogens is 2. The average molecular weight is 363 g/mol. The number of nitrogens with zero attached hydrogens (tertiary/aromatic N) is 2. The first-order chi connectivity index (χ1) is 12.9. The van der Waals surface area contributed by atoms with Gasteiger partial charge < -0.3 is 9.84 Å². The lowest BCUT2D eigenvalue weighted by molar-refractivity contribution is 0.0941. The van der Waals surface area contributed by atoms with Gasteiger partial charge in [0.05, 0.1) is 22.7 Å². The van der Waals surface area contributed by atoms with Crippen LogP contribution in [0.1, 0.15) is 84.4 Å². The molecule has 27 heavy (non-hydrogen) atoms. The molecule has 0 spiro atoms. The summed E-state index contributed by atoms with van der Waals surface area (Å²) in [6.45, 7) is 8.19. The SMILES string of the molecule is Cc1noc2nc(C3CC3)cc(C(=O)NC(C)c3ccc(C(C)C)cc3)c12. The fraction of sp³-hybridized carbons (Fsp3) is 0.409. The average Bonchev–Trinajstić information content (AvgIpc) is 3.44. The number of carbonyl (C=O) groups excluding carboxylic acids is 1. The molecule has 1 saturated carbocycles. The zero-order valence-corrected chi connectivity index (χ0v) is 16.2. The first-order valence-electron chi connectivity index (χ1n) is 9.61. The van der Waals surface area contributed by atoms with Crippen molar-refractivity contribution in [2.45, 2.75) is 58.4 Å². The van der Waals surface area contributed by atoms with E-state index in [-0.39, 0.29) is 11.9 Å². The second-order valence-corrected chi connectivity index (χ2v) is 7.83. The minimum atomic E-state index is -0.115. The van der Waals surface area contributed by atoms with E-state index in [9.17, 15) is 4.79 Å². The van der Waals surface area contributed by atoms with Crippen molar-refractivity contribution in [3.05, 3.63) is 58.4 Å². The quantitative estimate of drug-likeness (QED) is 0.691. The first-order valence-corrected chi connectivity index (χ1v) is 9.61. The van der Waals surface area contributed by atoms with Gasteiger partial charge in [0.2, 0.25) is 0 Å². The van der Waals surface area contributed by atoms with Gasteiger partial charge in [-0.3, -0.25) is 4.79 Å². The van der Waals surface area contributed by atoms with Crippen LogP contribution in [0.2, 0.25) is 0 Å². The first kappa shape index (κ1) is 17.7. The van der Waals surface area contributed by atoms with Crippen molar-refractivity contribution in [2.24, 2.45) is 0 Å². The molecular formula is C22H25N3O2. The predicted octanol–water partition coefficient (Wildman–Crippen LogP) is 5.02. The lowest BCUT2D eigenvalue weighted by atomic mass is 9.99. The van der Waals surface area contributed by atoms with Crippen LogP contribution >= 0.6 is 0 Å². The van der Waals surface area contributed by atoms with Gasteiger partial charge in [-0.1, -0.05) is 43.3 Å². The molecule has 2 heterocycles. The van der Waals surface area contributed by atoms with Gasteiger partial charge in [-0.15, -0.1) is 0 Å². The molecule has 1 aromatic carbocycles. The van der Waals surface area contributed by atoms with E-state index in [1.165, 1.54) is 5.56 Å². The van der Waals surface area contributed by atoms with Gasteiger partial charge in [-0.25, -0.2) is 4.98 Å². The third-order valence-corrected chi connectivity index (χ3v) is 5.33. The smallest absolute Gasteiger partial charge is 0.259 e. The van der Waals surface area contributed by atoms with Crippen molar-refractivity contribution in [1.82, 2.24) is 15.5 Å². The molecule has 1 aliphatic rings. The predicted molar refractivity (Wildman–Crippen MR) is 105 cm³/mol. The highest BCUT2D eigenvalue weighted by molar-refractivity contribution is 6.06. The summed E-state index contributed by atoms with van der Waals surface area (Å²) in [7, 11) is 0. The highest BCUT2D eigenvalue weighted by Gasteiger charge is 2.29. The van der Waals surface area contributed by atoms with Crippen molar-refractivity contribution >= 4 is 17.0 Å². The van der Waals surface area contributed by atoms with Gasteiger partial charge in [0, 0.05) is 11.6 Å². The number of hydrogen-bond acceptors (Lipinski definition) is 4. The van der Waals surface area contributed by atoms with Gasteiger partial charge in [0.15, 0.2) is 0 Å². The maximum Gasteiger partial charge on any atom is 0.259 e. The molecule has 1 unspecified atom stereocenters. The summed E-state index contributed by atoms with van der Waals surface area (Å²) in [4.78, 5) is 17.6. The summed E-state index contributed by atoms with van der Waals surface area (Å²) in [5, 5.41) is 7.83. The number of hydrogen-bond donors (Lipinski definition) is 1. The Morgan fingerprint density at radius 2 is 1.81 bits per heavy atom. The van der Waals surface area contributed by atoms with Crippen molar-refractivity contribution in [2.75, 3.05) is 0 Å². The Morgan fingerprint density at radius 3 is 2.44 bits per heavy atom. The highest BCUT2D eigenvalue weighted by atomic mass is 16.5. The van der Waals surface area contributed by atoms with Gasteiger partial charge >= 0.3 is 0 Å². The largest absolute Gasteiger partial charge is 0.345 e. The van der Waals surface area contributed by atoms with E-state index in [0.717, 1.165) is 24.1 Å². The molecule has 0 saturated heterocycles. The zero-order valence-electron chi connectivity index (χ0n) is 16.2. The third-order valence-electron chi connectivity index (χ3n) is 5.33. The van der Waals surface area contributed by atoms with Crippen LogP contribution in [0.4, 0.5) is 0 Å². The number of nitrogens with one attached hydrogen (secondary N) is 1. The third kappa shape index (κ3) is 3.46. The molecule has 3 aromatic rings. The Balaban J connectivity index is 1.61. The van der Waals surface area contributed by atoms with Crippen LogP contribution in [0.5, 0.6) is 0 Å². The van der Waals surface area contributed by atoms with Crippen molar-refractivity contribution < 1.29 is 9.32 Å². The Hall–Kier alpha value is -2.69. The van der Waals surface area contributed by atoms with Crippen LogP contribution in [0.3, 0.4) is 0 Å². The van der Waals surface area contributed by atoms with Crippen LogP contribution in [0, 0.1) is 6.92 Å². The minimum Gasteiger partial charge on any atom is -0.345 e. The van der Waals surface area contributed by atoms with Crippen LogP contribution in [0.15, 0.2) is 34.9 Å². The number of fused-ring (bicyclic) bond motifs is 1.